The van der Waals surface area contributed by atoms with Crippen LogP contribution in [0.4, 0.5) is 8.78 Å². The van der Waals surface area contributed by atoms with Crippen LogP contribution in [0, 0.1) is 11.6 Å². The SMILES string of the molecule is COC(=O)Cc1c[nH]c2c(F)cc(F)cc12. The van der Waals surface area contributed by atoms with Crippen LogP contribution >= 0.6 is 0 Å². The molecule has 0 amide bonds. The van der Waals surface area contributed by atoms with Crippen LogP contribution in [0.1, 0.15) is 5.56 Å². The number of carbonyl (C=O) groups is 1. The Morgan fingerprint density at radius 2 is 2.19 bits per heavy atom. The monoisotopic (exact) mass is 225 g/mol. The van der Waals surface area contributed by atoms with Gasteiger partial charge in [0.05, 0.1) is 19.0 Å². The maximum absolute atomic E-state index is 13.3. The molecule has 5 heteroatoms. The smallest absolute Gasteiger partial charge is 0.310 e. The fourth-order valence-corrected chi connectivity index (χ4v) is 1.58. The van der Waals surface area contributed by atoms with E-state index in [9.17, 15) is 13.6 Å². The van der Waals surface area contributed by atoms with E-state index in [4.69, 9.17) is 0 Å². The third kappa shape index (κ3) is 1.76. The molecule has 1 N–H and O–H groups in total. The molecule has 2 aromatic rings. The van der Waals surface area contributed by atoms with Crippen LogP contribution < -0.4 is 0 Å². The lowest BCUT2D eigenvalue weighted by Crippen LogP contribution is -2.03. The van der Waals surface area contributed by atoms with Crippen molar-refractivity contribution in [2.45, 2.75) is 6.42 Å². The minimum atomic E-state index is -0.675. The predicted octanol–water partition coefficient (Wildman–Crippen LogP) is 2.16. The summed E-state index contributed by atoms with van der Waals surface area (Å²) in [5.41, 5.74) is 0.709. The molecule has 1 heterocycles. The highest BCUT2D eigenvalue weighted by Crippen LogP contribution is 2.22. The molecule has 16 heavy (non-hydrogen) atoms. The van der Waals surface area contributed by atoms with E-state index in [0.29, 0.717) is 10.9 Å². The van der Waals surface area contributed by atoms with Gasteiger partial charge in [0.2, 0.25) is 0 Å². The second-order valence-corrected chi connectivity index (χ2v) is 3.38. The van der Waals surface area contributed by atoms with Crippen molar-refractivity contribution in [3.63, 3.8) is 0 Å². The highest BCUT2D eigenvalue weighted by atomic mass is 19.1. The molecule has 0 aliphatic heterocycles. The Balaban J connectivity index is 2.51. The van der Waals surface area contributed by atoms with Crippen LogP contribution in [0.5, 0.6) is 0 Å². The van der Waals surface area contributed by atoms with Gasteiger partial charge < -0.3 is 9.72 Å². The highest BCUT2D eigenvalue weighted by Gasteiger charge is 2.12. The number of hydrogen-bond acceptors (Lipinski definition) is 2. The number of aromatic amines is 1. The highest BCUT2D eigenvalue weighted by molar-refractivity contribution is 5.87. The quantitative estimate of drug-likeness (QED) is 0.796. The van der Waals surface area contributed by atoms with Crippen molar-refractivity contribution in [3.05, 3.63) is 35.5 Å². The van der Waals surface area contributed by atoms with Crippen molar-refractivity contribution in [2.24, 2.45) is 0 Å². The third-order valence-electron chi connectivity index (χ3n) is 2.35. The number of methoxy groups -OCH3 is 1. The number of aromatic nitrogens is 1. The number of fused-ring (bicyclic) bond motifs is 1. The van der Waals surface area contributed by atoms with Gasteiger partial charge in [-0.25, -0.2) is 8.78 Å². The lowest BCUT2D eigenvalue weighted by atomic mass is 10.1. The van der Waals surface area contributed by atoms with Crippen LogP contribution in [0.25, 0.3) is 10.9 Å². The molecule has 0 unspecified atom stereocenters. The first kappa shape index (κ1) is 10.6. The Morgan fingerprint density at radius 3 is 2.88 bits per heavy atom. The lowest BCUT2D eigenvalue weighted by Gasteiger charge is -1.98. The fourth-order valence-electron chi connectivity index (χ4n) is 1.58. The number of H-pyrrole nitrogens is 1. The van der Waals surface area contributed by atoms with Crippen LogP contribution in [-0.4, -0.2) is 18.1 Å². The molecule has 0 bridgehead atoms. The van der Waals surface area contributed by atoms with E-state index in [2.05, 4.69) is 9.72 Å². The lowest BCUT2D eigenvalue weighted by molar-refractivity contribution is -0.139. The second kappa shape index (κ2) is 3.92. The number of benzene rings is 1. The van der Waals surface area contributed by atoms with E-state index in [1.54, 1.807) is 0 Å². The zero-order valence-corrected chi connectivity index (χ0v) is 8.51. The number of hydrogen-bond donors (Lipinski definition) is 1. The number of carbonyl (C=O) groups excluding carboxylic acids is 1. The van der Waals surface area contributed by atoms with E-state index in [1.807, 2.05) is 0 Å². The average molecular weight is 225 g/mol. The van der Waals surface area contributed by atoms with Gasteiger partial charge in [-0.2, -0.15) is 0 Å². The molecule has 2 rings (SSSR count). The van der Waals surface area contributed by atoms with Crippen molar-refractivity contribution in [1.82, 2.24) is 4.98 Å². The van der Waals surface area contributed by atoms with Gasteiger partial charge in [-0.05, 0) is 11.6 Å². The van der Waals surface area contributed by atoms with E-state index in [0.717, 1.165) is 6.07 Å². The zero-order valence-electron chi connectivity index (χ0n) is 8.51. The minimum absolute atomic E-state index is 0.0145. The molecular formula is C11H9F2NO2. The van der Waals surface area contributed by atoms with Gasteiger partial charge in [0, 0.05) is 17.6 Å². The van der Waals surface area contributed by atoms with Gasteiger partial charge in [0.1, 0.15) is 11.6 Å². The Morgan fingerprint density at radius 1 is 1.44 bits per heavy atom. The molecule has 1 aromatic carbocycles. The maximum atomic E-state index is 13.3. The van der Waals surface area contributed by atoms with Crippen molar-refractivity contribution in [1.29, 1.82) is 0 Å². The van der Waals surface area contributed by atoms with E-state index in [1.165, 1.54) is 19.4 Å². The predicted molar refractivity (Wildman–Crippen MR) is 53.9 cm³/mol. The summed E-state index contributed by atoms with van der Waals surface area (Å²) in [6.07, 6.45) is 1.46. The zero-order chi connectivity index (χ0) is 11.7. The summed E-state index contributed by atoms with van der Waals surface area (Å²) in [5, 5.41) is 0.364. The summed E-state index contributed by atoms with van der Waals surface area (Å²) >= 11 is 0. The molecule has 0 spiro atoms. The molecule has 3 nitrogen and oxygen atoms in total. The standard InChI is InChI=1S/C11H9F2NO2/c1-16-10(15)2-6-5-14-11-8(6)3-7(12)4-9(11)13/h3-5,14H,2H2,1H3. The molecular weight excluding hydrogens is 216 g/mol. The summed E-state index contributed by atoms with van der Waals surface area (Å²) in [6, 6.07) is 1.98. The first-order valence-corrected chi connectivity index (χ1v) is 4.63. The average Bonchev–Trinajstić information content (AvgIpc) is 2.61. The number of nitrogens with one attached hydrogen (secondary N) is 1. The maximum Gasteiger partial charge on any atom is 0.310 e. The Labute approximate surface area is 90.0 Å². The van der Waals surface area contributed by atoms with Crippen LogP contribution in [0.3, 0.4) is 0 Å². The Bertz CT molecular complexity index is 548. The first-order chi connectivity index (χ1) is 7.61. The summed E-state index contributed by atoms with van der Waals surface area (Å²) in [4.78, 5) is 13.7. The van der Waals surface area contributed by atoms with Crippen molar-refractivity contribution < 1.29 is 18.3 Å². The van der Waals surface area contributed by atoms with Crippen molar-refractivity contribution >= 4 is 16.9 Å². The minimum Gasteiger partial charge on any atom is -0.469 e. The van der Waals surface area contributed by atoms with E-state index in [-0.39, 0.29) is 11.9 Å². The summed E-state index contributed by atoms with van der Waals surface area (Å²) in [6.45, 7) is 0. The molecule has 84 valence electrons. The second-order valence-electron chi connectivity index (χ2n) is 3.38. The third-order valence-corrected chi connectivity index (χ3v) is 2.35. The molecule has 0 aliphatic carbocycles. The number of rotatable bonds is 2. The summed E-state index contributed by atoms with van der Waals surface area (Å²) in [5.74, 6) is -1.80. The number of ether oxygens (including phenoxy) is 1. The molecule has 0 saturated heterocycles. The van der Waals surface area contributed by atoms with E-state index >= 15 is 0 Å². The van der Waals surface area contributed by atoms with Crippen molar-refractivity contribution in [3.8, 4) is 0 Å². The van der Waals surface area contributed by atoms with Crippen molar-refractivity contribution in [2.75, 3.05) is 7.11 Å². The fraction of sp³-hybridized carbons (Fsp3) is 0.182. The van der Waals surface area contributed by atoms with Crippen LogP contribution in [0.15, 0.2) is 18.3 Å². The molecule has 0 atom stereocenters. The molecule has 0 fully saturated rings. The Hall–Kier alpha value is -1.91. The molecule has 0 saturated carbocycles. The summed E-state index contributed by atoms with van der Waals surface area (Å²) in [7, 11) is 1.26. The largest absolute Gasteiger partial charge is 0.469 e. The van der Waals surface area contributed by atoms with Crippen LogP contribution in [0.2, 0.25) is 0 Å². The number of esters is 1. The topological polar surface area (TPSA) is 42.1 Å². The normalized spacial score (nSPS) is 10.7. The van der Waals surface area contributed by atoms with Gasteiger partial charge >= 0.3 is 5.97 Å². The Kier molecular flexibility index (Phi) is 2.60. The number of halogens is 2. The molecule has 0 aliphatic rings. The van der Waals surface area contributed by atoms with Gasteiger partial charge in [0.25, 0.3) is 0 Å². The van der Waals surface area contributed by atoms with Gasteiger partial charge in [0.15, 0.2) is 0 Å². The first-order valence-electron chi connectivity index (χ1n) is 4.63. The molecule has 1 aromatic heterocycles. The summed E-state index contributed by atoms with van der Waals surface area (Å²) < 4.78 is 30.8. The van der Waals surface area contributed by atoms with Gasteiger partial charge in [-0.3, -0.25) is 4.79 Å². The van der Waals surface area contributed by atoms with Crippen LogP contribution in [-0.2, 0) is 16.0 Å². The van der Waals surface area contributed by atoms with Gasteiger partial charge in [-0.1, -0.05) is 0 Å². The van der Waals surface area contributed by atoms with Gasteiger partial charge in [-0.15, -0.1) is 0 Å². The van der Waals surface area contributed by atoms with E-state index < -0.39 is 17.6 Å². The molecule has 0 radical (unpaired) electrons.